The Morgan fingerprint density at radius 2 is 1.49 bits per heavy atom. The smallest absolute Gasteiger partial charge is 0.407 e. The molecule has 0 spiro atoms. The van der Waals surface area contributed by atoms with Crippen molar-refractivity contribution >= 4 is 35.2 Å². The Labute approximate surface area is 326 Å². The van der Waals surface area contributed by atoms with E-state index in [1.807, 2.05) is 43.7 Å². The third kappa shape index (κ3) is 7.91. The molecule has 7 rings (SSSR count). The molecular formula is C41H52N8O5S. The first-order valence-electron chi connectivity index (χ1n) is 19.5. The monoisotopic (exact) mass is 768 g/mol. The Hall–Kier alpha value is -4.98. The van der Waals surface area contributed by atoms with Crippen LogP contribution in [0, 0.1) is 11.8 Å². The van der Waals surface area contributed by atoms with Crippen LogP contribution in [0.3, 0.4) is 0 Å². The van der Waals surface area contributed by atoms with E-state index >= 15 is 0 Å². The van der Waals surface area contributed by atoms with E-state index in [-0.39, 0.29) is 41.6 Å². The lowest BCUT2D eigenvalue weighted by Gasteiger charge is -2.30. The molecule has 3 aliphatic rings. The van der Waals surface area contributed by atoms with Crippen LogP contribution in [0.5, 0.6) is 0 Å². The minimum atomic E-state index is -0.668. The van der Waals surface area contributed by atoms with Gasteiger partial charge in [-0.15, -0.1) is 11.3 Å². The van der Waals surface area contributed by atoms with Gasteiger partial charge in [-0.3, -0.25) is 14.4 Å². The van der Waals surface area contributed by atoms with E-state index in [0.717, 1.165) is 83.4 Å². The van der Waals surface area contributed by atoms with Crippen LogP contribution in [-0.2, 0) is 38.4 Å². The van der Waals surface area contributed by atoms with Gasteiger partial charge in [-0.25, -0.2) is 14.8 Å². The summed E-state index contributed by atoms with van der Waals surface area (Å²) in [5.41, 5.74) is 6.80. The van der Waals surface area contributed by atoms with Gasteiger partial charge < -0.3 is 35.1 Å². The van der Waals surface area contributed by atoms with Gasteiger partial charge in [-0.05, 0) is 79.2 Å². The zero-order valence-electron chi connectivity index (χ0n) is 32.5. The number of aromatic nitrogens is 4. The number of methoxy groups -OCH3 is 1. The van der Waals surface area contributed by atoms with Crippen LogP contribution < -0.4 is 10.6 Å². The highest BCUT2D eigenvalue weighted by molar-refractivity contribution is 7.18. The summed E-state index contributed by atoms with van der Waals surface area (Å²) in [7, 11) is 1.30. The molecule has 292 valence electrons. The maximum atomic E-state index is 13.7. The van der Waals surface area contributed by atoms with Gasteiger partial charge in [0, 0.05) is 37.0 Å². The number of likely N-dealkylation sites (tertiary alicyclic amines) is 2. The molecule has 13 nitrogen and oxygen atoms in total. The van der Waals surface area contributed by atoms with Crippen LogP contribution in [0.4, 0.5) is 4.79 Å². The first-order chi connectivity index (χ1) is 26.4. The zero-order chi connectivity index (χ0) is 39.0. The van der Waals surface area contributed by atoms with E-state index in [1.165, 1.54) is 30.7 Å². The Morgan fingerprint density at radius 3 is 2.15 bits per heavy atom. The van der Waals surface area contributed by atoms with Crippen molar-refractivity contribution in [3.8, 4) is 21.0 Å². The number of rotatable bonds is 10. The highest BCUT2D eigenvalue weighted by Crippen LogP contribution is 2.39. The molecule has 4 atom stereocenters. The van der Waals surface area contributed by atoms with Gasteiger partial charge in [0.25, 0.3) is 0 Å². The van der Waals surface area contributed by atoms with Gasteiger partial charge in [-0.1, -0.05) is 45.9 Å². The van der Waals surface area contributed by atoms with E-state index in [4.69, 9.17) is 14.7 Å². The van der Waals surface area contributed by atoms with Crippen LogP contribution in [0.2, 0.25) is 0 Å². The average molecular weight is 769 g/mol. The third-order valence-corrected chi connectivity index (χ3v) is 12.4. The fourth-order valence-corrected chi connectivity index (χ4v) is 9.26. The minimum absolute atomic E-state index is 0.0213. The number of ether oxygens (including phenoxy) is 1. The number of alkyl carbamates (subject to hydrolysis) is 1. The van der Waals surface area contributed by atoms with E-state index in [9.17, 15) is 19.2 Å². The lowest BCUT2D eigenvalue weighted by atomic mass is 9.99. The second-order valence-electron chi connectivity index (χ2n) is 15.7. The Kier molecular flexibility index (Phi) is 11.2. The first kappa shape index (κ1) is 38.3. The summed E-state index contributed by atoms with van der Waals surface area (Å²) in [6.45, 7) is 10.5. The summed E-state index contributed by atoms with van der Waals surface area (Å²) in [5.74, 6) is 1.11. The molecule has 0 radical (unpaired) electrons. The molecule has 2 saturated heterocycles. The molecular weight excluding hydrogens is 717 g/mol. The molecule has 0 saturated carbocycles. The fraction of sp³-hybridized carbons (Fsp3) is 0.512. The molecule has 1 aromatic carbocycles. The summed E-state index contributed by atoms with van der Waals surface area (Å²) in [4.78, 5) is 73.9. The molecule has 3 aromatic heterocycles. The molecule has 2 aliphatic heterocycles. The summed E-state index contributed by atoms with van der Waals surface area (Å²) in [6.07, 6.45) is 7.07. The highest BCUT2D eigenvalue weighted by Gasteiger charge is 2.39. The molecule has 0 bridgehead atoms. The number of aromatic amines is 2. The quantitative estimate of drug-likeness (QED) is 0.152. The van der Waals surface area contributed by atoms with Crippen molar-refractivity contribution in [1.82, 2.24) is 40.4 Å². The molecule has 4 aromatic rings. The number of nitrogens with one attached hydrogen (secondary N) is 4. The molecule has 55 heavy (non-hydrogen) atoms. The second-order valence-corrected chi connectivity index (χ2v) is 16.8. The van der Waals surface area contributed by atoms with Gasteiger partial charge >= 0.3 is 6.09 Å². The number of aryl methyl sites for hydroxylation is 2. The summed E-state index contributed by atoms with van der Waals surface area (Å²) < 4.78 is 4.79. The number of H-pyrrole nitrogens is 2. The van der Waals surface area contributed by atoms with Crippen molar-refractivity contribution in [2.24, 2.45) is 11.8 Å². The van der Waals surface area contributed by atoms with Crippen molar-refractivity contribution in [3.05, 3.63) is 70.7 Å². The molecule has 2 fully saturated rings. The highest BCUT2D eigenvalue weighted by atomic mass is 32.1. The SMILES string of the molecule is COC(=O)N[C@H](C(=O)N1CCC[C@H]1c1nc2c([nH]1)Cc1ccc(-c3ccc(-c4cnc([C@@H]5CCCN5C(=O)[C@@H](NC(C)=O)C(C)C)[nH]4)s3)cc1CC2)C(C)C. The van der Waals surface area contributed by atoms with Gasteiger partial charge in [0.15, 0.2) is 0 Å². The summed E-state index contributed by atoms with van der Waals surface area (Å²) in [6, 6.07) is 9.44. The number of amides is 4. The summed E-state index contributed by atoms with van der Waals surface area (Å²) >= 11 is 1.71. The van der Waals surface area contributed by atoms with Gasteiger partial charge in [0.1, 0.15) is 23.7 Å². The van der Waals surface area contributed by atoms with Gasteiger partial charge in [0.2, 0.25) is 17.7 Å². The number of hydrogen-bond donors (Lipinski definition) is 4. The number of thiophene rings is 1. The van der Waals surface area contributed by atoms with Crippen molar-refractivity contribution in [1.29, 1.82) is 0 Å². The number of benzene rings is 1. The summed E-state index contributed by atoms with van der Waals surface area (Å²) in [5, 5.41) is 5.57. The van der Waals surface area contributed by atoms with Crippen LogP contribution in [0.15, 0.2) is 36.5 Å². The Bertz CT molecular complexity index is 2070. The van der Waals surface area contributed by atoms with Crippen molar-refractivity contribution in [3.63, 3.8) is 0 Å². The van der Waals surface area contributed by atoms with E-state index < -0.39 is 18.2 Å². The molecule has 5 heterocycles. The van der Waals surface area contributed by atoms with Crippen LogP contribution in [0.25, 0.3) is 21.0 Å². The van der Waals surface area contributed by atoms with Crippen LogP contribution in [0.1, 0.15) is 107 Å². The number of imidazole rings is 2. The minimum Gasteiger partial charge on any atom is -0.453 e. The molecule has 14 heteroatoms. The van der Waals surface area contributed by atoms with E-state index in [1.54, 1.807) is 11.3 Å². The maximum Gasteiger partial charge on any atom is 0.407 e. The Balaban J connectivity index is 1.03. The second kappa shape index (κ2) is 16.0. The lowest BCUT2D eigenvalue weighted by molar-refractivity contribution is -0.138. The predicted octanol–water partition coefficient (Wildman–Crippen LogP) is 6.09. The number of carbonyl (C=O) groups excluding carboxylic acids is 4. The number of carbonyl (C=O) groups is 4. The zero-order valence-corrected chi connectivity index (χ0v) is 33.3. The van der Waals surface area contributed by atoms with E-state index in [2.05, 4.69) is 50.9 Å². The Morgan fingerprint density at radius 1 is 0.836 bits per heavy atom. The van der Waals surface area contributed by atoms with Gasteiger partial charge in [0.05, 0.1) is 41.7 Å². The van der Waals surface area contributed by atoms with Crippen molar-refractivity contribution < 1.29 is 23.9 Å². The molecule has 4 amide bonds. The van der Waals surface area contributed by atoms with E-state index in [0.29, 0.717) is 13.1 Å². The molecule has 4 N–H and O–H groups in total. The third-order valence-electron chi connectivity index (χ3n) is 11.2. The average Bonchev–Trinajstić information content (AvgIpc) is 4.00. The number of fused-ring (bicyclic) bond motifs is 2. The fourth-order valence-electron chi connectivity index (χ4n) is 8.29. The maximum absolute atomic E-state index is 13.7. The van der Waals surface area contributed by atoms with Gasteiger partial charge in [-0.2, -0.15) is 0 Å². The predicted molar refractivity (Wildman–Crippen MR) is 210 cm³/mol. The van der Waals surface area contributed by atoms with Crippen LogP contribution >= 0.6 is 11.3 Å². The topological polar surface area (TPSA) is 165 Å². The van der Waals surface area contributed by atoms with Crippen LogP contribution in [-0.4, -0.2) is 85.8 Å². The number of hydrogen-bond acceptors (Lipinski definition) is 8. The normalized spacial score (nSPS) is 19.2. The lowest BCUT2D eigenvalue weighted by Crippen LogP contribution is -2.51. The molecule has 0 unspecified atom stereocenters. The standard InChI is InChI=1S/C41H52N8O5S/c1-22(2)35(43-24(5)50)39(51)48-17-7-9-31(48)37-42-21-30(46-37)34-16-15-33(55-34)27-12-11-26-20-29-28(14-13-25(26)19-27)44-38(45-29)32-10-8-18-49(32)40(52)36(23(3)4)47-41(53)54-6/h11-12,15-16,19,21-23,31-32,35-36H,7-10,13-14,17-18,20H2,1-6H3,(H,42,46)(H,43,50)(H,44,45)(H,47,53)/t31-,32-,35-,36-/m0/s1. The largest absolute Gasteiger partial charge is 0.453 e. The number of nitrogens with zero attached hydrogens (tertiary/aromatic N) is 4. The first-order valence-corrected chi connectivity index (χ1v) is 20.3. The van der Waals surface area contributed by atoms with Crippen molar-refractivity contribution in [2.75, 3.05) is 20.2 Å². The molecule has 1 aliphatic carbocycles. The van der Waals surface area contributed by atoms with Crippen molar-refractivity contribution in [2.45, 2.75) is 104 Å².